The second-order valence-electron chi connectivity index (χ2n) is 6.67. The lowest BCUT2D eigenvalue weighted by molar-refractivity contribution is -0.309. The summed E-state index contributed by atoms with van der Waals surface area (Å²) in [6.07, 6.45) is 3.14. The van der Waals surface area contributed by atoms with E-state index in [9.17, 15) is 19.1 Å². The van der Waals surface area contributed by atoms with Gasteiger partial charge in [-0.3, -0.25) is 9.78 Å². The highest BCUT2D eigenvalue weighted by Gasteiger charge is 2.41. The monoisotopic (exact) mass is 375 g/mol. The fraction of sp³-hybridized carbons (Fsp3) is 0.136. The van der Waals surface area contributed by atoms with Crippen molar-refractivity contribution >= 4 is 11.9 Å². The number of carboxylic acid groups (broad SMARTS) is 1. The third-order valence-electron chi connectivity index (χ3n) is 4.98. The summed E-state index contributed by atoms with van der Waals surface area (Å²) < 4.78 is 13.3. The second kappa shape index (κ2) is 7.23. The van der Waals surface area contributed by atoms with Crippen LogP contribution >= 0.6 is 0 Å². The zero-order chi connectivity index (χ0) is 19.7. The number of pyridine rings is 1. The Labute approximate surface area is 161 Å². The summed E-state index contributed by atoms with van der Waals surface area (Å²) in [5.41, 5.74) is 2.05. The van der Waals surface area contributed by atoms with E-state index in [1.165, 1.54) is 17.0 Å². The highest BCUT2D eigenvalue weighted by atomic mass is 19.1. The lowest BCUT2D eigenvalue weighted by atomic mass is 9.80. The van der Waals surface area contributed by atoms with Gasteiger partial charge in [-0.25, -0.2) is 4.39 Å². The molecule has 1 aromatic heterocycles. The number of carboxylic acids is 1. The van der Waals surface area contributed by atoms with Gasteiger partial charge in [0, 0.05) is 30.4 Å². The highest BCUT2D eigenvalue weighted by molar-refractivity contribution is 6.00. The van der Waals surface area contributed by atoms with Crippen molar-refractivity contribution in [2.45, 2.75) is 18.5 Å². The van der Waals surface area contributed by atoms with Gasteiger partial charge in [0.05, 0.1) is 12.0 Å². The molecule has 0 saturated heterocycles. The average molecular weight is 375 g/mol. The third-order valence-corrected chi connectivity index (χ3v) is 4.98. The number of hydrogen-bond donors (Lipinski definition) is 0. The van der Waals surface area contributed by atoms with Crippen molar-refractivity contribution in [2.75, 3.05) is 0 Å². The number of fused-ring (bicyclic) bond motifs is 1. The maximum Gasteiger partial charge on any atom is 0.255 e. The molecule has 28 heavy (non-hydrogen) atoms. The SMILES string of the molecule is O=C([O-])[C@@H]1c2ccccc2C(=O)N(Cc2ccc(F)cc2)[C@@H]1c1cccnc1. The van der Waals surface area contributed by atoms with Gasteiger partial charge < -0.3 is 14.8 Å². The van der Waals surface area contributed by atoms with Gasteiger partial charge in [0.25, 0.3) is 5.91 Å². The van der Waals surface area contributed by atoms with Crippen LogP contribution in [0.3, 0.4) is 0 Å². The van der Waals surface area contributed by atoms with Crippen LogP contribution in [-0.4, -0.2) is 21.8 Å². The zero-order valence-corrected chi connectivity index (χ0v) is 14.8. The van der Waals surface area contributed by atoms with Gasteiger partial charge in [-0.05, 0) is 41.0 Å². The summed E-state index contributed by atoms with van der Waals surface area (Å²) in [6.45, 7) is 0.136. The Morgan fingerprint density at radius 2 is 1.82 bits per heavy atom. The molecule has 2 heterocycles. The van der Waals surface area contributed by atoms with Crippen LogP contribution < -0.4 is 5.11 Å². The zero-order valence-electron chi connectivity index (χ0n) is 14.8. The molecule has 2 atom stereocenters. The normalized spacial score (nSPS) is 18.6. The fourth-order valence-corrected chi connectivity index (χ4v) is 3.73. The average Bonchev–Trinajstić information content (AvgIpc) is 2.71. The minimum absolute atomic E-state index is 0.136. The number of carbonyl (C=O) groups excluding carboxylic acids is 2. The van der Waals surface area contributed by atoms with Crippen molar-refractivity contribution in [2.24, 2.45) is 0 Å². The lowest BCUT2D eigenvalue weighted by Gasteiger charge is -2.42. The Balaban J connectivity index is 1.86. The molecule has 1 aliphatic rings. The van der Waals surface area contributed by atoms with Crippen LogP contribution in [0.5, 0.6) is 0 Å². The number of carbonyl (C=O) groups is 2. The Morgan fingerprint density at radius 1 is 1.07 bits per heavy atom. The maximum absolute atomic E-state index is 13.3. The van der Waals surface area contributed by atoms with Gasteiger partial charge in [0.2, 0.25) is 0 Å². The Bertz CT molecular complexity index is 1020. The lowest BCUT2D eigenvalue weighted by Crippen LogP contribution is -2.47. The van der Waals surface area contributed by atoms with Crippen LogP contribution in [0.1, 0.15) is 39.0 Å². The molecule has 0 saturated carbocycles. The second-order valence-corrected chi connectivity index (χ2v) is 6.67. The minimum atomic E-state index is -1.27. The van der Waals surface area contributed by atoms with E-state index in [1.807, 2.05) is 0 Å². The molecule has 4 rings (SSSR count). The smallest absolute Gasteiger partial charge is 0.255 e. The molecule has 0 spiro atoms. The molecule has 0 unspecified atom stereocenters. The summed E-state index contributed by atoms with van der Waals surface area (Å²) in [7, 11) is 0. The van der Waals surface area contributed by atoms with Crippen molar-refractivity contribution in [1.29, 1.82) is 0 Å². The van der Waals surface area contributed by atoms with Gasteiger partial charge >= 0.3 is 0 Å². The van der Waals surface area contributed by atoms with Crippen molar-refractivity contribution in [3.63, 3.8) is 0 Å². The molecule has 0 aliphatic carbocycles. The van der Waals surface area contributed by atoms with E-state index in [-0.39, 0.29) is 18.3 Å². The molecular formula is C22H16FN2O3-. The molecule has 3 aromatic rings. The first-order valence-electron chi connectivity index (χ1n) is 8.81. The van der Waals surface area contributed by atoms with Crippen molar-refractivity contribution in [3.8, 4) is 0 Å². The molecule has 6 heteroatoms. The largest absolute Gasteiger partial charge is 0.549 e. The number of hydrogen-bond acceptors (Lipinski definition) is 4. The Morgan fingerprint density at radius 3 is 2.50 bits per heavy atom. The first-order valence-corrected chi connectivity index (χ1v) is 8.81. The first kappa shape index (κ1) is 17.9. The van der Waals surface area contributed by atoms with Crippen LogP contribution in [0.2, 0.25) is 0 Å². The molecule has 1 amide bonds. The van der Waals surface area contributed by atoms with E-state index in [0.29, 0.717) is 22.3 Å². The van der Waals surface area contributed by atoms with E-state index in [0.717, 1.165) is 0 Å². The van der Waals surface area contributed by atoms with Gasteiger partial charge in [-0.1, -0.05) is 36.4 Å². The van der Waals surface area contributed by atoms with Crippen LogP contribution in [-0.2, 0) is 11.3 Å². The number of halogens is 1. The molecule has 5 nitrogen and oxygen atoms in total. The first-order chi connectivity index (χ1) is 13.6. The highest BCUT2D eigenvalue weighted by Crippen LogP contribution is 2.42. The standard InChI is InChI=1S/C22H17FN2O3/c23-16-9-7-14(8-10-16)13-25-20(15-4-3-11-24-12-15)19(22(27)28)17-5-1-2-6-18(17)21(25)26/h1-12,19-20H,13H2,(H,27,28)/p-1/t19-,20-/m1/s1. The van der Waals surface area contributed by atoms with Crippen LogP contribution in [0.15, 0.2) is 73.1 Å². The van der Waals surface area contributed by atoms with Gasteiger partial charge in [0.15, 0.2) is 0 Å². The van der Waals surface area contributed by atoms with Crippen LogP contribution in [0.25, 0.3) is 0 Å². The predicted molar refractivity (Wildman–Crippen MR) is 97.4 cm³/mol. The summed E-state index contributed by atoms with van der Waals surface area (Å²) >= 11 is 0. The van der Waals surface area contributed by atoms with Gasteiger partial charge in [-0.2, -0.15) is 0 Å². The molecular weight excluding hydrogens is 359 g/mol. The Kier molecular flexibility index (Phi) is 4.61. The van der Waals surface area contributed by atoms with E-state index in [4.69, 9.17) is 0 Å². The van der Waals surface area contributed by atoms with Gasteiger partial charge in [0.1, 0.15) is 5.82 Å². The molecule has 0 radical (unpaired) electrons. The summed E-state index contributed by atoms with van der Waals surface area (Å²) in [5.74, 6) is -2.97. The van der Waals surface area contributed by atoms with Gasteiger partial charge in [-0.15, -0.1) is 0 Å². The van der Waals surface area contributed by atoms with E-state index in [2.05, 4.69) is 4.98 Å². The van der Waals surface area contributed by atoms with E-state index in [1.54, 1.807) is 60.9 Å². The summed E-state index contributed by atoms with van der Waals surface area (Å²) in [5, 5.41) is 12.1. The number of benzene rings is 2. The molecule has 2 aromatic carbocycles. The topological polar surface area (TPSA) is 73.3 Å². The number of aliphatic carboxylic acids is 1. The molecule has 0 fully saturated rings. The maximum atomic E-state index is 13.3. The van der Waals surface area contributed by atoms with E-state index >= 15 is 0 Å². The number of aromatic nitrogens is 1. The molecule has 0 bridgehead atoms. The van der Waals surface area contributed by atoms with Crippen molar-refractivity contribution in [3.05, 3.63) is 101 Å². The Hall–Kier alpha value is -3.54. The quantitative estimate of drug-likeness (QED) is 0.702. The molecule has 1 aliphatic heterocycles. The minimum Gasteiger partial charge on any atom is -0.549 e. The summed E-state index contributed by atoms with van der Waals surface area (Å²) in [6, 6.07) is 15.1. The van der Waals surface area contributed by atoms with E-state index < -0.39 is 17.9 Å². The van der Waals surface area contributed by atoms with Crippen LogP contribution in [0.4, 0.5) is 4.39 Å². The number of rotatable bonds is 4. The van der Waals surface area contributed by atoms with Crippen molar-refractivity contribution < 1.29 is 19.1 Å². The van der Waals surface area contributed by atoms with Crippen molar-refractivity contribution in [1.82, 2.24) is 9.88 Å². The number of amides is 1. The third kappa shape index (κ3) is 3.13. The predicted octanol–water partition coefficient (Wildman–Crippen LogP) is 2.45. The summed E-state index contributed by atoms with van der Waals surface area (Å²) in [4.78, 5) is 31.0. The fourth-order valence-electron chi connectivity index (χ4n) is 3.73. The van der Waals surface area contributed by atoms with Crippen LogP contribution in [0, 0.1) is 5.82 Å². The molecule has 0 N–H and O–H groups in total. The molecule has 140 valence electrons. The number of nitrogens with zero attached hydrogens (tertiary/aromatic N) is 2.